The molecular weight excluding hydrogens is 1090 g/mol. The van der Waals surface area contributed by atoms with Crippen molar-refractivity contribution in [2.75, 3.05) is 13.2 Å². The Bertz CT molecular complexity index is 1790. The van der Waals surface area contributed by atoms with Gasteiger partial charge in [-0.15, -0.1) is 0 Å². The number of hydrogen-bond acceptors (Lipinski definition) is 10. The Labute approximate surface area is 533 Å². The first-order valence-electron chi connectivity index (χ1n) is 36.0. The van der Waals surface area contributed by atoms with Crippen LogP contribution in [0, 0.1) is 0 Å². The quantitative estimate of drug-likeness (QED) is 0.0195. The number of rotatable bonds is 61. The van der Waals surface area contributed by atoms with Gasteiger partial charge in [0.05, 0.1) is 25.4 Å². The standard InChI is InChI=1S/C76H133NO10/c1-4-7-10-13-16-19-22-25-27-29-31-32-33-34-35-36-37-38-39-41-43-46-49-52-55-58-61-64-71(81)87-74-73(83)72(82)70(65-78)86-76(74)85-66-67(68(79)62-59-56-53-50-47-44-24-21-18-15-12-9-6-3)77-75(84)69(80)63-60-57-54-51-48-45-42-40-30-28-26-23-20-17-14-11-8-5-2/h16-17,19-20,25-28,31-32,34-35,40,42,59,62,67-70,72-74,76,78-80,82-83H,4-15,18,21-24,29-30,33,36-39,41,43-58,60-61,63-66H2,1-3H3,(H,77,84)/b19-16-,20-17-,27-25-,28-26-,32-31-,35-34-,42-40-,62-59+. The lowest BCUT2D eigenvalue weighted by molar-refractivity contribution is -0.305. The molecule has 87 heavy (non-hydrogen) atoms. The van der Waals surface area contributed by atoms with Gasteiger partial charge in [-0.1, -0.05) is 291 Å². The summed E-state index contributed by atoms with van der Waals surface area (Å²) in [6.07, 6.45) is 74.3. The molecule has 1 amide bonds. The Morgan fingerprint density at radius 2 is 0.793 bits per heavy atom. The normalized spacial score (nSPS) is 18.8. The van der Waals surface area contributed by atoms with Crippen molar-refractivity contribution in [3.8, 4) is 0 Å². The molecule has 0 bridgehead atoms. The molecule has 8 atom stereocenters. The molecule has 0 aromatic carbocycles. The van der Waals surface area contributed by atoms with Crippen molar-refractivity contribution < 1.29 is 49.3 Å². The third kappa shape index (κ3) is 50.0. The van der Waals surface area contributed by atoms with E-state index in [9.17, 15) is 35.1 Å². The number of unbranched alkanes of at least 4 members (excludes halogenated alkanes) is 33. The van der Waals surface area contributed by atoms with Crippen molar-refractivity contribution in [2.45, 2.75) is 359 Å². The van der Waals surface area contributed by atoms with Crippen LogP contribution in [0.1, 0.15) is 310 Å². The minimum absolute atomic E-state index is 0.114. The van der Waals surface area contributed by atoms with Gasteiger partial charge in [-0.25, -0.2) is 0 Å². The molecule has 0 radical (unpaired) electrons. The van der Waals surface area contributed by atoms with E-state index in [0.717, 1.165) is 109 Å². The van der Waals surface area contributed by atoms with E-state index >= 15 is 0 Å². The van der Waals surface area contributed by atoms with E-state index in [1.807, 2.05) is 6.08 Å². The Balaban J connectivity index is 2.58. The van der Waals surface area contributed by atoms with Crippen LogP contribution in [-0.4, -0.2) is 99.6 Å². The summed E-state index contributed by atoms with van der Waals surface area (Å²) in [5.74, 6) is -1.21. The summed E-state index contributed by atoms with van der Waals surface area (Å²) in [6.45, 7) is 5.75. The van der Waals surface area contributed by atoms with Crippen molar-refractivity contribution in [3.63, 3.8) is 0 Å². The third-order valence-electron chi connectivity index (χ3n) is 16.5. The van der Waals surface area contributed by atoms with Gasteiger partial charge in [-0.05, 0) is 109 Å². The van der Waals surface area contributed by atoms with Gasteiger partial charge in [-0.2, -0.15) is 0 Å². The van der Waals surface area contributed by atoms with Gasteiger partial charge < -0.3 is 45.1 Å². The second kappa shape index (κ2) is 62.8. The molecular formula is C76H133NO10. The molecule has 0 spiro atoms. The first-order valence-corrected chi connectivity index (χ1v) is 36.0. The molecule has 6 N–H and O–H groups in total. The van der Waals surface area contributed by atoms with Gasteiger partial charge in [0.1, 0.15) is 24.4 Å². The molecule has 502 valence electrons. The summed E-state index contributed by atoms with van der Waals surface area (Å²) in [6, 6.07) is -1.04. The first kappa shape index (κ1) is 81.6. The summed E-state index contributed by atoms with van der Waals surface area (Å²) in [4.78, 5) is 26.7. The second-order valence-corrected chi connectivity index (χ2v) is 24.6. The van der Waals surface area contributed by atoms with Crippen LogP contribution in [0.25, 0.3) is 0 Å². The van der Waals surface area contributed by atoms with Crippen molar-refractivity contribution in [1.29, 1.82) is 0 Å². The lowest BCUT2D eigenvalue weighted by atomic mass is 9.99. The van der Waals surface area contributed by atoms with E-state index in [1.54, 1.807) is 6.08 Å². The molecule has 0 saturated carbocycles. The average Bonchev–Trinajstić information content (AvgIpc) is 2.51. The zero-order valence-corrected chi connectivity index (χ0v) is 55.9. The number of allylic oxidation sites excluding steroid dienone is 15. The molecule has 1 rings (SSSR count). The van der Waals surface area contributed by atoms with Crippen LogP contribution < -0.4 is 5.32 Å². The highest BCUT2D eigenvalue weighted by Gasteiger charge is 2.47. The second-order valence-electron chi connectivity index (χ2n) is 24.6. The number of carbonyl (C=O) groups excluding carboxylic acids is 2. The molecule has 1 aliphatic heterocycles. The maximum absolute atomic E-state index is 13.5. The monoisotopic (exact) mass is 1220 g/mol. The Kier molecular flexibility index (Phi) is 58.9. The van der Waals surface area contributed by atoms with Gasteiger partial charge in [0.25, 0.3) is 0 Å². The zero-order chi connectivity index (χ0) is 63.1. The van der Waals surface area contributed by atoms with E-state index < -0.39 is 67.4 Å². The van der Waals surface area contributed by atoms with E-state index in [4.69, 9.17) is 14.2 Å². The smallest absolute Gasteiger partial charge is 0.306 e. The molecule has 0 aliphatic carbocycles. The molecule has 0 aromatic rings. The van der Waals surface area contributed by atoms with E-state index in [2.05, 4.69) is 111 Å². The molecule has 11 nitrogen and oxygen atoms in total. The SMILES string of the molecule is CCCCC/C=C\C/C=C\C/C=C\C/C=C\CCCCCCCCCCCCCC(=O)OC1C(OCC(NC(=O)C(O)CCCCCCC/C=C\C/C=C\C/C=C\CCCCC)C(O)/C=C/CCCCCCCCCCCCC)OC(CO)C(O)C1O. The summed E-state index contributed by atoms with van der Waals surface area (Å²) < 4.78 is 17.7. The van der Waals surface area contributed by atoms with Crippen molar-refractivity contribution in [1.82, 2.24) is 5.32 Å². The highest BCUT2D eigenvalue weighted by atomic mass is 16.7. The van der Waals surface area contributed by atoms with Crippen LogP contribution in [-0.2, 0) is 23.8 Å². The van der Waals surface area contributed by atoms with Crippen LogP contribution >= 0.6 is 0 Å². The molecule has 1 saturated heterocycles. The number of nitrogens with one attached hydrogen (secondary N) is 1. The lowest BCUT2D eigenvalue weighted by Gasteiger charge is -2.41. The zero-order valence-electron chi connectivity index (χ0n) is 55.9. The number of ether oxygens (including phenoxy) is 3. The number of aliphatic hydroxyl groups is 5. The fourth-order valence-corrected chi connectivity index (χ4v) is 10.8. The summed E-state index contributed by atoms with van der Waals surface area (Å²) >= 11 is 0. The number of esters is 1. The third-order valence-corrected chi connectivity index (χ3v) is 16.5. The maximum atomic E-state index is 13.5. The maximum Gasteiger partial charge on any atom is 0.306 e. The van der Waals surface area contributed by atoms with Crippen molar-refractivity contribution in [2.24, 2.45) is 0 Å². The predicted molar refractivity (Wildman–Crippen MR) is 365 cm³/mol. The molecule has 0 aromatic heterocycles. The van der Waals surface area contributed by atoms with E-state index in [1.165, 1.54) is 154 Å². The van der Waals surface area contributed by atoms with Crippen LogP contribution in [0.15, 0.2) is 97.2 Å². The van der Waals surface area contributed by atoms with Crippen molar-refractivity contribution >= 4 is 11.9 Å². The molecule has 1 aliphatic rings. The van der Waals surface area contributed by atoms with Crippen LogP contribution in [0.2, 0.25) is 0 Å². The first-order chi connectivity index (χ1) is 42.7. The minimum Gasteiger partial charge on any atom is -0.454 e. The van der Waals surface area contributed by atoms with Gasteiger partial charge in [-0.3, -0.25) is 9.59 Å². The number of amides is 1. The summed E-state index contributed by atoms with van der Waals surface area (Å²) in [5, 5.41) is 57.3. The lowest BCUT2D eigenvalue weighted by Crippen LogP contribution is -2.61. The summed E-state index contributed by atoms with van der Waals surface area (Å²) in [7, 11) is 0. The molecule has 1 fully saturated rings. The average molecular weight is 1220 g/mol. The molecule has 11 heteroatoms. The minimum atomic E-state index is -1.62. The van der Waals surface area contributed by atoms with Crippen LogP contribution in [0.4, 0.5) is 0 Å². The van der Waals surface area contributed by atoms with Crippen LogP contribution in [0.3, 0.4) is 0 Å². The highest BCUT2D eigenvalue weighted by Crippen LogP contribution is 2.26. The number of hydrogen-bond donors (Lipinski definition) is 6. The Morgan fingerprint density at radius 1 is 0.448 bits per heavy atom. The Morgan fingerprint density at radius 3 is 1.21 bits per heavy atom. The number of carbonyl (C=O) groups is 2. The van der Waals surface area contributed by atoms with Crippen LogP contribution in [0.5, 0.6) is 0 Å². The predicted octanol–water partition coefficient (Wildman–Crippen LogP) is 18.6. The highest BCUT2D eigenvalue weighted by molar-refractivity contribution is 5.80. The fourth-order valence-electron chi connectivity index (χ4n) is 10.8. The van der Waals surface area contributed by atoms with Crippen molar-refractivity contribution in [3.05, 3.63) is 97.2 Å². The number of aliphatic hydroxyl groups excluding tert-OH is 5. The van der Waals surface area contributed by atoms with Gasteiger partial charge in [0.2, 0.25) is 5.91 Å². The van der Waals surface area contributed by atoms with E-state index in [0.29, 0.717) is 12.8 Å². The fraction of sp³-hybridized carbons (Fsp3) is 0.763. The van der Waals surface area contributed by atoms with Gasteiger partial charge in [0.15, 0.2) is 12.4 Å². The Hall–Kier alpha value is -3.42. The summed E-state index contributed by atoms with van der Waals surface area (Å²) in [5.41, 5.74) is 0. The van der Waals surface area contributed by atoms with Gasteiger partial charge in [0, 0.05) is 6.42 Å². The topological polar surface area (TPSA) is 175 Å². The van der Waals surface area contributed by atoms with E-state index in [-0.39, 0.29) is 19.4 Å². The van der Waals surface area contributed by atoms with Gasteiger partial charge >= 0.3 is 5.97 Å². The molecule has 1 heterocycles. The largest absolute Gasteiger partial charge is 0.454 e. The molecule has 8 unspecified atom stereocenters.